The Hall–Kier alpha value is -2.16. The van der Waals surface area contributed by atoms with Crippen molar-refractivity contribution in [2.75, 3.05) is 0 Å². The molecule has 1 aliphatic rings. The Labute approximate surface area is 167 Å². The van der Waals surface area contributed by atoms with Gasteiger partial charge in [0.1, 0.15) is 20.4 Å². The molecule has 0 fully saturated rings. The minimum Gasteiger partial charge on any atom is -0.307 e. The molecule has 2 aromatic rings. The van der Waals surface area contributed by atoms with Crippen LogP contribution >= 0.6 is 0 Å². The quantitative estimate of drug-likeness (QED) is 0.575. The van der Waals surface area contributed by atoms with Crippen LogP contribution in [0, 0.1) is 0 Å². The second-order valence-corrected chi connectivity index (χ2v) is 5.45. The maximum Gasteiger partial charge on any atom is 0.106 e. The van der Waals surface area contributed by atoms with E-state index in [1.165, 1.54) is 47.9 Å². The molecule has 0 aliphatic heterocycles. The molecule has 0 saturated heterocycles. The molecule has 0 aromatic heterocycles. The third kappa shape index (κ3) is 6.29. The molecule has 141 valence electrons. The Morgan fingerprint density at radius 3 is 2.04 bits per heavy atom. The van der Waals surface area contributed by atoms with E-state index in [0.717, 1.165) is 6.42 Å². The summed E-state index contributed by atoms with van der Waals surface area (Å²) >= 11 is 0. The van der Waals surface area contributed by atoms with E-state index in [0.29, 0.717) is 0 Å². The number of aryl methyl sites for hydroxylation is 2. The number of rotatable bonds is 3. The summed E-state index contributed by atoms with van der Waals surface area (Å²) in [5.74, 6) is 0. The molecule has 0 atom stereocenters. The van der Waals surface area contributed by atoms with Crippen LogP contribution in [0.1, 0.15) is 47.6 Å². The van der Waals surface area contributed by atoms with E-state index in [2.05, 4.69) is 49.9 Å². The maximum absolute atomic E-state index is 8.00. The molecule has 0 saturated carbocycles. The number of carbonyl (C=O) groups excluding carboxylic acids is 3. The van der Waals surface area contributed by atoms with Crippen LogP contribution in [0.25, 0.3) is 5.57 Å². The first-order chi connectivity index (χ1) is 12.3. The fourth-order valence-corrected chi connectivity index (χ4v) is 3.29. The summed E-state index contributed by atoms with van der Waals surface area (Å²) in [6, 6.07) is 13.0. The Morgan fingerprint density at radius 2 is 1.50 bits per heavy atom. The third-order valence-electron chi connectivity index (χ3n) is 4.29. The van der Waals surface area contributed by atoms with Crippen molar-refractivity contribution in [2.45, 2.75) is 39.0 Å². The molecule has 1 aliphatic carbocycles. The number of benzene rings is 1. The van der Waals surface area contributed by atoms with Crippen LogP contribution in [0.15, 0.2) is 43.0 Å². The molecule has 0 heterocycles. The van der Waals surface area contributed by atoms with E-state index in [1.807, 2.05) is 20.4 Å². The van der Waals surface area contributed by atoms with Crippen molar-refractivity contribution in [1.29, 1.82) is 0 Å². The van der Waals surface area contributed by atoms with Crippen LogP contribution in [0.3, 0.4) is 0 Å². The van der Waals surface area contributed by atoms with Crippen molar-refractivity contribution in [3.05, 3.63) is 70.8 Å². The summed E-state index contributed by atoms with van der Waals surface area (Å²) in [4.78, 5) is 24.0. The molecule has 3 rings (SSSR count). The van der Waals surface area contributed by atoms with Gasteiger partial charge in [-0.2, -0.15) is 28.3 Å². The van der Waals surface area contributed by atoms with Gasteiger partial charge in [-0.25, -0.2) is 0 Å². The first-order valence-corrected chi connectivity index (χ1v) is 8.23. The van der Waals surface area contributed by atoms with Crippen molar-refractivity contribution in [2.24, 2.45) is 0 Å². The predicted molar refractivity (Wildman–Crippen MR) is 104 cm³/mol. The maximum atomic E-state index is 8.00. The van der Waals surface area contributed by atoms with E-state index >= 15 is 0 Å². The Balaban J connectivity index is 0. The van der Waals surface area contributed by atoms with Gasteiger partial charge in [-0.15, -0.1) is 6.58 Å². The average Bonchev–Trinajstić information content (AvgIpc) is 3.11. The van der Waals surface area contributed by atoms with Gasteiger partial charge < -0.3 is 14.4 Å². The minimum absolute atomic E-state index is 0. The molecular weight excluding hydrogens is 367 g/mol. The van der Waals surface area contributed by atoms with E-state index in [9.17, 15) is 0 Å². The van der Waals surface area contributed by atoms with Crippen molar-refractivity contribution in [3.8, 4) is 0 Å². The summed E-state index contributed by atoms with van der Waals surface area (Å²) in [7, 11) is 0. The van der Waals surface area contributed by atoms with Crippen molar-refractivity contribution in [1.82, 2.24) is 0 Å². The Bertz CT molecular complexity index is 642. The summed E-state index contributed by atoms with van der Waals surface area (Å²) in [5, 5.41) is 0. The minimum atomic E-state index is 0. The molecule has 0 bridgehead atoms. The van der Waals surface area contributed by atoms with Gasteiger partial charge in [-0.05, 0) is 5.56 Å². The van der Waals surface area contributed by atoms with Gasteiger partial charge in [0.2, 0.25) is 0 Å². The van der Waals surface area contributed by atoms with E-state index in [-0.39, 0.29) is 17.1 Å². The van der Waals surface area contributed by atoms with Gasteiger partial charge in [0, 0.05) is 17.1 Å². The predicted octanol–water partition coefficient (Wildman–Crippen LogP) is 4.35. The third-order valence-corrected chi connectivity index (χ3v) is 4.29. The van der Waals surface area contributed by atoms with Gasteiger partial charge in [0.05, 0.1) is 0 Å². The summed E-state index contributed by atoms with van der Waals surface area (Å²) in [6.45, 7) is 12.6. The molecule has 3 nitrogen and oxygen atoms in total. The molecule has 0 unspecified atom stereocenters. The van der Waals surface area contributed by atoms with Gasteiger partial charge >= 0.3 is 0 Å². The zero-order valence-corrected chi connectivity index (χ0v) is 16.6. The largest absolute Gasteiger partial charge is 0.307 e. The molecule has 0 N–H and O–H groups in total. The number of hydrogen-bond donors (Lipinski definition) is 0. The number of hydrogen-bond acceptors (Lipinski definition) is 3. The zero-order valence-electron chi connectivity index (χ0n) is 15.4. The Morgan fingerprint density at radius 1 is 0.962 bits per heavy atom. The summed E-state index contributed by atoms with van der Waals surface area (Å²) < 4.78 is 0. The molecule has 26 heavy (non-hydrogen) atoms. The van der Waals surface area contributed by atoms with Crippen LogP contribution in [-0.4, -0.2) is 20.4 Å². The smallest absolute Gasteiger partial charge is 0.106 e. The standard InChI is InChI=1S/C19H21.3CH2O.Mn/c1-3-15-13-17-11-7-8-12-18(17)19(15)14(2)16-9-5-4-6-10-16;3*1-2;/h4-6,9-10,13H,2-3,7-8,11-12H2,1H3;3*1H2;/q-1;;;;. The van der Waals surface area contributed by atoms with Crippen LogP contribution in [0.2, 0.25) is 0 Å². The fraction of sp³-hybridized carbons (Fsp3) is 0.273. The first-order valence-electron chi connectivity index (χ1n) is 8.23. The second-order valence-electron chi connectivity index (χ2n) is 5.45. The van der Waals surface area contributed by atoms with Crippen LogP contribution < -0.4 is 0 Å². The number of carbonyl (C=O) groups is 3. The molecule has 0 amide bonds. The van der Waals surface area contributed by atoms with Gasteiger partial charge in [0.15, 0.2) is 0 Å². The van der Waals surface area contributed by atoms with Crippen LogP contribution in [-0.2, 0) is 50.7 Å². The van der Waals surface area contributed by atoms with Gasteiger partial charge in [0.25, 0.3) is 0 Å². The van der Waals surface area contributed by atoms with Crippen molar-refractivity contribution >= 4 is 25.9 Å². The second kappa shape index (κ2) is 15.1. The van der Waals surface area contributed by atoms with Crippen LogP contribution in [0.5, 0.6) is 0 Å². The molecule has 0 spiro atoms. The summed E-state index contributed by atoms with van der Waals surface area (Å²) in [6.07, 6.45) is 6.27. The SMILES string of the molecule is C=C(c1ccccc1)c1c(CC)[cH-]c2c1CCCC2.C=O.C=O.C=O.[Mn]. The average molecular weight is 394 g/mol. The van der Waals surface area contributed by atoms with Gasteiger partial charge in [-0.3, -0.25) is 0 Å². The monoisotopic (exact) mass is 394 g/mol. The molecule has 4 heteroatoms. The normalized spacial score (nSPS) is 10.8. The Kier molecular flexibility index (Phi) is 15.2. The van der Waals surface area contributed by atoms with Gasteiger partial charge in [-0.1, -0.05) is 74.9 Å². The topological polar surface area (TPSA) is 51.2 Å². The zero-order chi connectivity index (χ0) is 19.2. The number of fused-ring (bicyclic) bond motifs is 1. The van der Waals surface area contributed by atoms with E-state index < -0.39 is 0 Å². The molecule has 2 aromatic carbocycles. The fourth-order valence-electron chi connectivity index (χ4n) is 3.29. The van der Waals surface area contributed by atoms with Crippen molar-refractivity contribution in [3.63, 3.8) is 0 Å². The first kappa shape index (κ1) is 26.1. The molecule has 1 radical (unpaired) electrons. The van der Waals surface area contributed by atoms with E-state index in [1.54, 1.807) is 11.1 Å². The molecular formula is C22H27MnO3-. The summed E-state index contributed by atoms with van der Waals surface area (Å²) in [5.41, 5.74) is 8.56. The van der Waals surface area contributed by atoms with Crippen LogP contribution in [0.4, 0.5) is 0 Å². The van der Waals surface area contributed by atoms with Crippen molar-refractivity contribution < 1.29 is 31.5 Å². The van der Waals surface area contributed by atoms with E-state index in [4.69, 9.17) is 14.4 Å².